The summed E-state index contributed by atoms with van der Waals surface area (Å²) < 4.78 is 0. The van der Waals surface area contributed by atoms with Crippen molar-refractivity contribution in [2.24, 2.45) is 5.92 Å². The van der Waals surface area contributed by atoms with Crippen LogP contribution in [0, 0.1) is 5.92 Å². The fraction of sp³-hybridized carbons (Fsp3) is 0.769. The van der Waals surface area contributed by atoms with Gasteiger partial charge in [0.05, 0.1) is 12.5 Å². The van der Waals surface area contributed by atoms with Gasteiger partial charge in [-0.1, -0.05) is 13.3 Å². The van der Waals surface area contributed by atoms with Gasteiger partial charge in [-0.15, -0.1) is 0 Å². The molecule has 0 aromatic heterocycles. The lowest BCUT2D eigenvalue weighted by Gasteiger charge is -2.29. The summed E-state index contributed by atoms with van der Waals surface area (Å²) in [5.74, 6) is -1.44. The van der Waals surface area contributed by atoms with E-state index in [9.17, 15) is 14.4 Å². The first kappa shape index (κ1) is 16.4. The number of carboxylic acids is 1. The number of rotatable bonds is 6. The van der Waals surface area contributed by atoms with E-state index < -0.39 is 12.0 Å². The Balaban J connectivity index is 2.20. The predicted octanol–water partition coefficient (Wildman–Crippen LogP) is 0.409. The van der Waals surface area contributed by atoms with Crippen LogP contribution in [0.4, 0.5) is 4.79 Å². The van der Waals surface area contributed by atoms with Gasteiger partial charge in [-0.3, -0.25) is 19.8 Å². The lowest BCUT2D eigenvalue weighted by molar-refractivity contribution is -0.143. The Morgan fingerprint density at radius 2 is 1.90 bits per heavy atom. The minimum atomic E-state index is -0.774. The molecule has 0 spiro atoms. The van der Waals surface area contributed by atoms with Crippen molar-refractivity contribution in [3.05, 3.63) is 0 Å². The molecular weight excluding hydrogens is 262 g/mol. The number of carbonyl (C=O) groups excluding carboxylic acids is 2. The minimum Gasteiger partial charge on any atom is -0.481 e. The molecule has 1 fully saturated rings. The van der Waals surface area contributed by atoms with Gasteiger partial charge in [-0.2, -0.15) is 0 Å². The smallest absolute Gasteiger partial charge is 0.321 e. The van der Waals surface area contributed by atoms with Crippen LogP contribution in [0.15, 0.2) is 0 Å². The van der Waals surface area contributed by atoms with E-state index >= 15 is 0 Å². The van der Waals surface area contributed by atoms with Crippen LogP contribution in [0.25, 0.3) is 0 Å². The first-order chi connectivity index (χ1) is 9.52. The molecule has 1 aliphatic rings. The molecule has 0 aromatic carbocycles. The highest BCUT2D eigenvalue weighted by atomic mass is 16.4. The number of hydrogen-bond acceptors (Lipinski definition) is 4. The standard InChI is InChI=1S/C13H23N3O4/c1-2-3-6-14-13(20)15-11(17)9-16-7-4-10(5-8-16)12(18)19/h10H,2-9H2,1H3,(H,18,19)(H2,14,15,17,20). The number of carbonyl (C=O) groups is 3. The Labute approximate surface area is 118 Å². The first-order valence-electron chi connectivity index (χ1n) is 7.05. The normalized spacial score (nSPS) is 16.6. The third kappa shape index (κ3) is 6.01. The van der Waals surface area contributed by atoms with E-state index in [0.717, 1.165) is 12.8 Å². The molecule has 0 bridgehead atoms. The molecular formula is C13H23N3O4. The van der Waals surface area contributed by atoms with Crippen molar-refractivity contribution in [2.45, 2.75) is 32.6 Å². The van der Waals surface area contributed by atoms with E-state index in [4.69, 9.17) is 5.11 Å². The van der Waals surface area contributed by atoms with Crippen LogP contribution >= 0.6 is 0 Å². The number of unbranched alkanes of at least 4 members (excludes halogenated alkanes) is 1. The largest absolute Gasteiger partial charge is 0.481 e. The molecule has 0 radical (unpaired) electrons. The van der Waals surface area contributed by atoms with Gasteiger partial charge in [-0.05, 0) is 32.4 Å². The van der Waals surface area contributed by atoms with Gasteiger partial charge in [0.2, 0.25) is 5.91 Å². The van der Waals surface area contributed by atoms with Crippen molar-refractivity contribution in [1.29, 1.82) is 0 Å². The van der Waals surface area contributed by atoms with E-state index in [1.165, 1.54) is 0 Å². The van der Waals surface area contributed by atoms with Gasteiger partial charge in [0.1, 0.15) is 0 Å². The molecule has 1 aliphatic heterocycles. The van der Waals surface area contributed by atoms with Gasteiger partial charge in [0.25, 0.3) is 0 Å². The number of imide groups is 1. The molecule has 0 unspecified atom stereocenters. The molecule has 0 aromatic rings. The molecule has 7 nitrogen and oxygen atoms in total. The van der Waals surface area contributed by atoms with Crippen molar-refractivity contribution in [2.75, 3.05) is 26.2 Å². The highest BCUT2D eigenvalue weighted by Crippen LogP contribution is 2.16. The zero-order valence-corrected chi connectivity index (χ0v) is 11.9. The molecule has 0 atom stereocenters. The summed E-state index contributed by atoms with van der Waals surface area (Å²) in [6.45, 7) is 3.85. The van der Waals surface area contributed by atoms with Crippen LogP contribution < -0.4 is 10.6 Å². The van der Waals surface area contributed by atoms with E-state index in [2.05, 4.69) is 10.6 Å². The highest BCUT2D eigenvalue weighted by Gasteiger charge is 2.25. The summed E-state index contributed by atoms with van der Waals surface area (Å²) >= 11 is 0. The summed E-state index contributed by atoms with van der Waals surface area (Å²) in [5, 5.41) is 13.8. The van der Waals surface area contributed by atoms with Crippen molar-refractivity contribution in [3.63, 3.8) is 0 Å². The van der Waals surface area contributed by atoms with Gasteiger partial charge in [0.15, 0.2) is 0 Å². The third-order valence-corrected chi connectivity index (χ3v) is 3.37. The summed E-state index contributed by atoms with van der Waals surface area (Å²) in [6, 6.07) is -0.469. The Hall–Kier alpha value is -1.63. The van der Waals surface area contributed by atoms with Crippen LogP contribution in [0.5, 0.6) is 0 Å². The topological polar surface area (TPSA) is 98.7 Å². The van der Waals surface area contributed by atoms with E-state index in [1.807, 2.05) is 11.8 Å². The van der Waals surface area contributed by atoms with E-state index in [1.54, 1.807) is 0 Å². The zero-order chi connectivity index (χ0) is 15.0. The summed E-state index contributed by atoms with van der Waals surface area (Å²) in [5.41, 5.74) is 0. The molecule has 20 heavy (non-hydrogen) atoms. The minimum absolute atomic E-state index is 0.132. The quantitative estimate of drug-likeness (QED) is 0.614. The van der Waals surface area contributed by atoms with Crippen LogP contribution in [0.3, 0.4) is 0 Å². The second-order valence-corrected chi connectivity index (χ2v) is 5.05. The molecule has 7 heteroatoms. The van der Waals surface area contributed by atoms with E-state index in [-0.39, 0.29) is 18.4 Å². The van der Waals surface area contributed by atoms with Crippen LogP contribution in [-0.4, -0.2) is 54.1 Å². The summed E-state index contributed by atoms with van der Waals surface area (Å²) in [7, 11) is 0. The number of likely N-dealkylation sites (tertiary alicyclic amines) is 1. The maximum absolute atomic E-state index is 11.6. The van der Waals surface area contributed by atoms with Crippen LogP contribution in [0.1, 0.15) is 32.6 Å². The second kappa shape index (κ2) is 8.52. The molecule has 3 amide bonds. The number of aliphatic carboxylic acids is 1. The second-order valence-electron chi connectivity index (χ2n) is 5.05. The molecule has 114 valence electrons. The average Bonchev–Trinajstić information content (AvgIpc) is 2.39. The maximum atomic E-state index is 11.6. The van der Waals surface area contributed by atoms with Crippen molar-refractivity contribution < 1.29 is 19.5 Å². The van der Waals surface area contributed by atoms with E-state index in [0.29, 0.717) is 32.5 Å². The molecule has 0 aliphatic carbocycles. The number of amides is 3. The van der Waals surface area contributed by atoms with Crippen LogP contribution in [-0.2, 0) is 9.59 Å². The first-order valence-corrected chi connectivity index (χ1v) is 7.05. The summed E-state index contributed by atoms with van der Waals surface area (Å²) in [4.78, 5) is 35.7. The fourth-order valence-electron chi connectivity index (χ4n) is 2.13. The number of urea groups is 1. The predicted molar refractivity (Wildman–Crippen MR) is 73.2 cm³/mol. The number of piperidine rings is 1. The van der Waals surface area contributed by atoms with Crippen molar-refractivity contribution in [1.82, 2.24) is 15.5 Å². The fourth-order valence-corrected chi connectivity index (χ4v) is 2.13. The van der Waals surface area contributed by atoms with Gasteiger partial charge >= 0.3 is 12.0 Å². The zero-order valence-electron chi connectivity index (χ0n) is 11.9. The van der Waals surface area contributed by atoms with Gasteiger partial charge < -0.3 is 10.4 Å². The van der Waals surface area contributed by atoms with Gasteiger partial charge in [-0.25, -0.2) is 4.79 Å². The molecule has 3 N–H and O–H groups in total. The number of hydrogen-bond donors (Lipinski definition) is 3. The SMILES string of the molecule is CCCCNC(=O)NC(=O)CN1CCC(C(=O)O)CC1. The highest BCUT2D eigenvalue weighted by molar-refractivity contribution is 5.95. The lowest BCUT2D eigenvalue weighted by atomic mass is 9.97. The molecule has 1 rings (SSSR count). The summed E-state index contributed by atoms with van der Waals surface area (Å²) in [6.07, 6.45) is 2.95. The Bertz CT molecular complexity index is 352. The third-order valence-electron chi connectivity index (χ3n) is 3.37. The average molecular weight is 285 g/mol. The Kier molecular flexibility index (Phi) is 7.00. The lowest BCUT2D eigenvalue weighted by Crippen LogP contribution is -2.46. The van der Waals surface area contributed by atoms with Crippen molar-refractivity contribution in [3.8, 4) is 0 Å². The number of carboxylic acid groups (broad SMARTS) is 1. The number of nitrogens with zero attached hydrogens (tertiary/aromatic N) is 1. The molecule has 0 saturated carbocycles. The molecule has 1 heterocycles. The Morgan fingerprint density at radius 1 is 1.25 bits per heavy atom. The maximum Gasteiger partial charge on any atom is 0.321 e. The molecule has 1 saturated heterocycles. The van der Waals surface area contributed by atoms with Gasteiger partial charge in [0, 0.05) is 6.54 Å². The van der Waals surface area contributed by atoms with Crippen LogP contribution in [0.2, 0.25) is 0 Å². The Morgan fingerprint density at radius 3 is 2.45 bits per heavy atom. The number of nitrogens with one attached hydrogen (secondary N) is 2. The van der Waals surface area contributed by atoms with Crippen molar-refractivity contribution >= 4 is 17.9 Å². The monoisotopic (exact) mass is 285 g/mol.